The number of carbonyl (C=O) groups excluding carboxylic acids is 1. The minimum absolute atomic E-state index is 0.670. The van der Waals surface area contributed by atoms with Crippen LogP contribution in [0.2, 0.25) is 0 Å². The molecule has 0 radical (unpaired) electrons. The molecule has 66 valence electrons. The van der Waals surface area contributed by atoms with E-state index in [-0.39, 0.29) is 0 Å². The third kappa shape index (κ3) is 4.78. The molecule has 0 saturated carbocycles. The molecule has 0 aromatic heterocycles. The van der Waals surface area contributed by atoms with E-state index in [0.717, 1.165) is 0 Å². The molecule has 0 heterocycles. The van der Waals surface area contributed by atoms with Gasteiger partial charge in [-0.2, -0.15) is 13.2 Å². The summed E-state index contributed by atoms with van der Waals surface area (Å²) in [6.45, 7) is 2.74. The Morgan fingerprint density at radius 2 is 1.73 bits per heavy atom. The maximum absolute atomic E-state index is 11.6. The van der Waals surface area contributed by atoms with Crippen molar-refractivity contribution < 1.29 is 18.0 Å². The van der Waals surface area contributed by atoms with Crippen LogP contribution >= 0.6 is 0 Å². The topological polar surface area (TPSA) is 43.1 Å². The fourth-order valence-corrected chi connectivity index (χ4v) is 0.514. The van der Waals surface area contributed by atoms with Crippen molar-refractivity contribution in [3.05, 3.63) is 0 Å². The molecule has 0 unspecified atom stereocenters. The average Bonchev–Trinajstić information content (AvgIpc) is 1.56. The Labute approximate surface area is 62.6 Å². The Morgan fingerprint density at radius 1 is 1.36 bits per heavy atom. The van der Waals surface area contributed by atoms with Crippen molar-refractivity contribution in [1.29, 1.82) is 0 Å². The zero-order valence-electron chi connectivity index (χ0n) is 6.33. The van der Waals surface area contributed by atoms with Crippen LogP contribution in [-0.4, -0.2) is 17.5 Å². The Balaban J connectivity index is 4.11. The first-order valence-corrected chi connectivity index (χ1v) is 3.02. The lowest BCUT2D eigenvalue weighted by Crippen LogP contribution is -2.39. The molecule has 0 aromatic rings. The van der Waals surface area contributed by atoms with Gasteiger partial charge in [0.2, 0.25) is 5.78 Å². The number of hydrogen-bond donors (Lipinski definition) is 1. The van der Waals surface area contributed by atoms with Gasteiger partial charge in [0.25, 0.3) is 0 Å². The van der Waals surface area contributed by atoms with E-state index in [0.29, 0.717) is 0 Å². The van der Waals surface area contributed by atoms with Gasteiger partial charge in [-0.3, -0.25) is 4.79 Å². The zero-order chi connectivity index (χ0) is 9.28. The van der Waals surface area contributed by atoms with E-state index in [2.05, 4.69) is 0 Å². The van der Waals surface area contributed by atoms with Crippen molar-refractivity contribution >= 4 is 5.78 Å². The molecular formula is C6H10F3NO. The Kier molecular flexibility index (Phi) is 2.66. The van der Waals surface area contributed by atoms with Gasteiger partial charge in [-0.25, -0.2) is 0 Å². The molecule has 2 nitrogen and oxygen atoms in total. The largest absolute Gasteiger partial charge is 0.450 e. The molecule has 5 heteroatoms. The molecule has 2 N–H and O–H groups in total. The highest BCUT2D eigenvalue weighted by atomic mass is 19.4. The fourth-order valence-electron chi connectivity index (χ4n) is 0.514. The summed E-state index contributed by atoms with van der Waals surface area (Å²) in [5, 5.41) is 0. The van der Waals surface area contributed by atoms with E-state index in [1.165, 1.54) is 13.8 Å². The summed E-state index contributed by atoms with van der Waals surface area (Å²) in [5.74, 6) is -1.77. The van der Waals surface area contributed by atoms with E-state index >= 15 is 0 Å². The molecule has 0 aliphatic rings. The number of rotatable bonds is 2. The van der Waals surface area contributed by atoms with Crippen LogP contribution in [0, 0.1) is 0 Å². The van der Waals surface area contributed by atoms with Crippen molar-refractivity contribution in [3.8, 4) is 0 Å². The Bertz CT molecular complexity index is 156. The van der Waals surface area contributed by atoms with Gasteiger partial charge >= 0.3 is 6.18 Å². The van der Waals surface area contributed by atoms with Gasteiger partial charge in [-0.1, -0.05) is 0 Å². The highest BCUT2D eigenvalue weighted by Gasteiger charge is 2.40. The molecule has 0 atom stereocenters. The molecular weight excluding hydrogens is 159 g/mol. The summed E-state index contributed by atoms with van der Waals surface area (Å²) < 4.78 is 34.7. The molecule has 11 heavy (non-hydrogen) atoms. The van der Waals surface area contributed by atoms with Gasteiger partial charge in [0, 0.05) is 12.0 Å². The van der Waals surface area contributed by atoms with Crippen molar-refractivity contribution in [2.75, 3.05) is 0 Å². The average molecular weight is 169 g/mol. The number of Topliss-reactive ketones (excluding diaryl/α,β-unsaturated/α-hetero) is 1. The van der Waals surface area contributed by atoms with Crippen LogP contribution in [0.4, 0.5) is 13.2 Å². The lowest BCUT2D eigenvalue weighted by Gasteiger charge is -2.17. The highest BCUT2D eigenvalue weighted by molar-refractivity contribution is 5.84. The highest BCUT2D eigenvalue weighted by Crippen LogP contribution is 2.20. The van der Waals surface area contributed by atoms with E-state index < -0.39 is 23.9 Å². The molecule has 0 bridgehead atoms. The van der Waals surface area contributed by atoms with Gasteiger partial charge < -0.3 is 5.73 Å². The summed E-state index contributed by atoms with van der Waals surface area (Å²) in [7, 11) is 0. The van der Waals surface area contributed by atoms with E-state index in [1.54, 1.807) is 0 Å². The minimum Gasteiger partial charge on any atom is -0.325 e. The predicted molar refractivity (Wildman–Crippen MR) is 33.9 cm³/mol. The number of alkyl halides is 3. The fraction of sp³-hybridized carbons (Fsp3) is 0.833. The van der Waals surface area contributed by atoms with Crippen molar-refractivity contribution in [2.45, 2.75) is 32.0 Å². The smallest absolute Gasteiger partial charge is 0.325 e. The van der Waals surface area contributed by atoms with Crippen molar-refractivity contribution in [2.24, 2.45) is 5.73 Å². The van der Waals surface area contributed by atoms with Crippen molar-refractivity contribution in [1.82, 2.24) is 0 Å². The predicted octanol–water partition coefficient (Wildman–Crippen LogP) is 1.25. The molecule has 0 aliphatic carbocycles. The minimum atomic E-state index is -4.75. The second-order valence-electron chi connectivity index (χ2n) is 3.09. The van der Waals surface area contributed by atoms with Gasteiger partial charge in [0.1, 0.15) is 0 Å². The molecule has 0 aromatic carbocycles. The van der Waals surface area contributed by atoms with Crippen molar-refractivity contribution in [3.63, 3.8) is 0 Å². The van der Waals surface area contributed by atoms with Crippen LogP contribution in [0.5, 0.6) is 0 Å². The monoisotopic (exact) mass is 169 g/mol. The SMILES string of the molecule is CC(C)(N)CC(=O)C(F)(F)F. The van der Waals surface area contributed by atoms with Crippen LogP contribution in [0.3, 0.4) is 0 Å². The van der Waals surface area contributed by atoms with Crippen LogP contribution in [0.25, 0.3) is 0 Å². The summed E-state index contributed by atoms with van der Waals surface area (Å²) in [6.07, 6.45) is -5.42. The van der Waals surface area contributed by atoms with Crippen LogP contribution < -0.4 is 5.73 Å². The lowest BCUT2D eigenvalue weighted by atomic mass is 9.99. The maximum atomic E-state index is 11.6. The summed E-state index contributed by atoms with van der Waals surface area (Å²) >= 11 is 0. The van der Waals surface area contributed by atoms with Gasteiger partial charge in [-0.15, -0.1) is 0 Å². The quantitative estimate of drug-likeness (QED) is 0.675. The first-order valence-electron chi connectivity index (χ1n) is 3.02. The third-order valence-corrected chi connectivity index (χ3v) is 0.932. The second-order valence-corrected chi connectivity index (χ2v) is 3.09. The zero-order valence-corrected chi connectivity index (χ0v) is 6.33. The molecule has 0 spiro atoms. The number of ketones is 1. The molecule has 0 saturated heterocycles. The Hall–Kier alpha value is -0.580. The summed E-state index contributed by atoms with van der Waals surface area (Å²) in [6, 6.07) is 0. The summed E-state index contributed by atoms with van der Waals surface area (Å²) in [4.78, 5) is 10.3. The van der Waals surface area contributed by atoms with Crippen LogP contribution in [0.15, 0.2) is 0 Å². The van der Waals surface area contributed by atoms with Gasteiger partial charge in [0.15, 0.2) is 0 Å². The standard InChI is InChI=1S/C6H10F3NO/c1-5(2,10)3-4(11)6(7,8)9/h3,10H2,1-2H3. The normalized spacial score (nSPS) is 13.3. The van der Waals surface area contributed by atoms with E-state index in [9.17, 15) is 18.0 Å². The molecule has 0 aliphatic heterocycles. The van der Waals surface area contributed by atoms with Gasteiger partial charge in [0.05, 0.1) is 0 Å². The lowest BCUT2D eigenvalue weighted by molar-refractivity contribution is -0.172. The first kappa shape index (κ1) is 10.4. The third-order valence-electron chi connectivity index (χ3n) is 0.932. The van der Waals surface area contributed by atoms with Crippen LogP contribution in [0.1, 0.15) is 20.3 Å². The number of hydrogen-bond acceptors (Lipinski definition) is 2. The first-order chi connectivity index (χ1) is 4.63. The van der Waals surface area contributed by atoms with E-state index in [4.69, 9.17) is 5.73 Å². The van der Waals surface area contributed by atoms with Crippen LogP contribution in [-0.2, 0) is 4.79 Å². The maximum Gasteiger partial charge on any atom is 0.450 e. The summed E-state index contributed by atoms with van der Waals surface area (Å²) in [5.41, 5.74) is 4.12. The second kappa shape index (κ2) is 2.81. The number of nitrogens with two attached hydrogens (primary N) is 1. The van der Waals surface area contributed by atoms with Gasteiger partial charge in [-0.05, 0) is 13.8 Å². The molecule has 0 rings (SSSR count). The molecule has 0 fully saturated rings. The van der Waals surface area contributed by atoms with E-state index in [1.807, 2.05) is 0 Å². The Morgan fingerprint density at radius 3 is 1.82 bits per heavy atom. The number of carbonyl (C=O) groups is 1. The molecule has 0 amide bonds. The number of halogens is 3.